The molecule has 0 aliphatic rings. The van der Waals surface area contributed by atoms with Gasteiger partial charge in [0.05, 0.1) is 12.7 Å². The molecule has 0 unspecified atom stereocenters. The standard InChI is InChI=1S/C10H10F3NO4/c1-17-6-2-3-7(8(15)4-6)9(16)14-18-5-10(11,12)13/h2-4,15H,5H2,1H3,(H,14,16). The van der Waals surface area contributed by atoms with E-state index in [-0.39, 0.29) is 5.56 Å². The molecule has 0 saturated carbocycles. The highest BCUT2D eigenvalue weighted by Gasteiger charge is 2.28. The van der Waals surface area contributed by atoms with E-state index in [1.165, 1.54) is 19.2 Å². The lowest BCUT2D eigenvalue weighted by molar-refractivity contribution is -0.184. The molecule has 18 heavy (non-hydrogen) atoms. The van der Waals surface area contributed by atoms with E-state index in [0.29, 0.717) is 5.75 Å². The summed E-state index contributed by atoms with van der Waals surface area (Å²) in [6, 6.07) is 3.72. The quantitative estimate of drug-likeness (QED) is 0.812. The van der Waals surface area contributed by atoms with Crippen molar-refractivity contribution < 1.29 is 32.6 Å². The first kappa shape index (κ1) is 14.1. The minimum Gasteiger partial charge on any atom is -0.507 e. The topological polar surface area (TPSA) is 67.8 Å². The smallest absolute Gasteiger partial charge is 0.414 e. The maximum atomic E-state index is 11.7. The summed E-state index contributed by atoms with van der Waals surface area (Å²) in [6.07, 6.45) is -4.55. The molecule has 0 spiro atoms. The lowest BCUT2D eigenvalue weighted by Crippen LogP contribution is -2.29. The number of phenols is 1. The number of hydrogen-bond donors (Lipinski definition) is 2. The number of rotatable bonds is 4. The SMILES string of the molecule is COc1ccc(C(=O)NOCC(F)(F)F)c(O)c1. The van der Waals surface area contributed by atoms with Crippen LogP contribution in [0.2, 0.25) is 0 Å². The van der Waals surface area contributed by atoms with Gasteiger partial charge in [-0.1, -0.05) is 0 Å². The van der Waals surface area contributed by atoms with Crippen molar-refractivity contribution in [2.75, 3.05) is 13.7 Å². The van der Waals surface area contributed by atoms with E-state index in [9.17, 15) is 23.1 Å². The number of nitrogens with one attached hydrogen (secondary N) is 1. The van der Waals surface area contributed by atoms with Gasteiger partial charge in [-0.25, -0.2) is 5.48 Å². The summed E-state index contributed by atoms with van der Waals surface area (Å²) < 4.78 is 40.0. The molecule has 0 aliphatic carbocycles. The van der Waals surface area contributed by atoms with Crippen LogP contribution in [0.1, 0.15) is 10.4 Å². The highest BCUT2D eigenvalue weighted by molar-refractivity contribution is 5.96. The predicted octanol–water partition coefficient (Wildman–Crippen LogP) is 1.62. The number of hydroxylamine groups is 1. The lowest BCUT2D eigenvalue weighted by atomic mass is 10.2. The van der Waals surface area contributed by atoms with E-state index < -0.39 is 24.4 Å². The average molecular weight is 265 g/mol. The van der Waals surface area contributed by atoms with Gasteiger partial charge in [0.1, 0.15) is 11.5 Å². The van der Waals surface area contributed by atoms with E-state index in [1.807, 2.05) is 0 Å². The molecule has 0 saturated heterocycles. The highest BCUT2D eigenvalue weighted by atomic mass is 19.4. The van der Waals surface area contributed by atoms with Crippen LogP contribution in [0, 0.1) is 0 Å². The molecule has 1 rings (SSSR count). The first-order valence-electron chi connectivity index (χ1n) is 4.69. The molecule has 0 bridgehead atoms. The molecule has 8 heteroatoms. The van der Waals surface area contributed by atoms with Gasteiger partial charge in [-0.15, -0.1) is 0 Å². The lowest BCUT2D eigenvalue weighted by Gasteiger charge is -2.09. The summed E-state index contributed by atoms with van der Waals surface area (Å²) in [5.74, 6) is -1.11. The van der Waals surface area contributed by atoms with Crippen LogP contribution in [0.3, 0.4) is 0 Å². The second-order valence-corrected chi connectivity index (χ2v) is 3.22. The van der Waals surface area contributed by atoms with Crippen molar-refractivity contribution in [3.63, 3.8) is 0 Å². The molecule has 0 heterocycles. The number of methoxy groups -OCH3 is 1. The van der Waals surface area contributed by atoms with Crippen molar-refractivity contribution >= 4 is 5.91 Å². The number of phenolic OH excluding ortho intramolecular Hbond substituents is 1. The van der Waals surface area contributed by atoms with Crippen LogP contribution < -0.4 is 10.2 Å². The van der Waals surface area contributed by atoms with E-state index in [4.69, 9.17) is 4.74 Å². The van der Waals surface area contributed by atoms with E-state index in [2.05, 4.69) is 4.84 Å². The molecule has 0 fully saturated rings. The van der Waals surface area contributed by atoms with E-state index in [1.54, 1.807) is 5.48 Å². The maximum absolute atomic E-state index is 11.7. The Morgan fingerprint density at radius 3 is 2.61 bits per heavy atom. The molecule has 1 amide bonds. The third kappa shape index (κ3) is 4.13. The number of carbonyl (C=O) groups excluding carboxylic acids is 1. The largest absolute Gasteiger partial charge is 0.507 e. The van der Waals surface area contributed by atoms with Crippen LogP contribution >= 0.6 is 0 Å². The first-order valence-corrected chi connectivity index (χ1v) is 4.69. The Morgan fingerprint density at radius 2 is 2.11 bits per heavy atom. The van der Waals surface area contributed by atoms with Crippen molar-refractivity contribution in [3.05, 3.63) is 23.8 Å². The summed E-state index contributed by atoms with van der Waals surface area (Å²) in [4.78, 5) is 15.3. The number of halogens is 3. The molecule has 2 N–H and O–H groups in total. The number of benzene rings is 1. The van der Waals surface area contributed by atoms with Gasteiger partial charge in [0.15, 0.2) is 6.61 Å². The van der Waals surface area contributed by atoms with Crippen molar-refractivity contribution in [2.45, 2.75) is 6.18 Å². The zero-order valence-electron chi connectivity index (χ0n) is 9.25. The second kappa shape index (κ2) is 5.58. The van der Waals surface area contributed by atoms with Gasteiger partial charge in [0.2, 0.25) is 0 Å². The molecule has 0 atom stereocenters. The minimum atomic E-state index is -4.55. The van der Waals surface area contributed by atoms with Gasteiger partial charge in [0, 0.05) is 6.07 Å². The predicted molar refractivity (Wildman–Crippen MR) is 54.1 cm³/mol. The summed E-state index contributed by atoms with van der Waals surface area (Å²) >= 11 is 0. The molecule has 0 radical (unpaired) electrons. The van der Waals surface area contributed by atoms with Crippen LogP contribution in [0.5, 0.6) is 11.5 Å². The Kier molecular flexibility index (Phi) is 4.38. The zero-order chi connectivity index (χ0) is 13.8. The summed E-state index contributed by atoms with van der Waals surface area (Å²) in [5, 5.41) is 9.43. The highest BCUT2D eigenvalue weighted by Crippen LogP contribution is 2.23. The molecule has 0 aromatic heterocycles. The van der Waals surface area contributed by atoms with Gasteiger partial charge in [-0.3, -0.25) is 9.63 Å². The Hall–Kier alpha value is -1.96. The van der Waals surface area contributed by atoms with Gasteiger partial charge >= 0.3 is 6.18 Å². The van der Waals surface area contributed by atoms with Crippen molar-refractivity contribution in [2.24, 2.45) is 0 Å². The molecule has 5 nitrogen and oxygen atoms in total. The number of aromatic hydroxyl groups is 1. The number of carbonyl (C=O) groups is 1. The Morgan fingerprint density at radius 1 is 1.44 bits per heavy atom. The molecule has 1 aromatic rings. The minimum absolute atomic E-state index is 0.224. The maximum Gasteiger partial charge on any atom is 0.414 e. The second-order valence-electron chi connectivity index (χ2n) is 3.22. The van der Waals surface area contributed by atoms with Crippen LogP contribution in [-0.4, -0.2) is 30.9 Å². The fourth-order valence-electron chi connectivity index (χ4n) is 1.07. The first-order chi connectivity index (χ1) is 8.33. The molecule has 1 aromatic carbocycles. The van der Waals surface area contributed by atoms with Crippen LogP contribution in [0.15, 0.2) is 18.2 Å². The fourth-order valence-corrected chi connectivity index (χ4v) is 1.07. The third-order valence-electron chi connectivity index (χ3n) is 1.85. The summed E-state index contributed by atoms with van der Waals surface area (Å²) in [6.45, 7) is -1.62. The van der Waals surface area contributed by atoms with E-state index in [0.717, 1.165) is 6.07 Å². The van der Waals surface area contributed by atoms with E-state index >= 15 is 0 Å². The van der Waals surface area contributed by atoms with Crippen molar-refractivity contribution in [1.29, 1.82) is 0 Å². The average Bonchev–Trinajstić information content (AvgIpc) is 2.26. The van der Waals surface area contributed by atoms with Crippen LogP contribution in [0.25, 0.3) is 0 Å². The Bertz CT molecular complexity index is 434. The Balaban J connectivity index is 2.62. The Labute approximate surface area is 100 Å². The van der Waals surface area contributed by atoms with Crippen LogP contribution in [-0.2, 0) is 4.84 Å². The molecular formula is C10H10F3NO4. The normalized spacial score (nSPS) is 11.1. The number of ether oxygens (including phenoxy) is 1. The molecular weight excluding hydrogens is 255 g/mol. The fraction of sp³-hybridized carbons (Fsp3) is 0.300. The van der Waals surface area contributed by atoms with Gasteiger partial charge < -0.3 is 9.84 Å². The summed E-state index contributed by atoms with van der Waals surface area (Å²) in [7, 11) is 1.36. The number of alkyl halides is 3. The zero-order valence-corrected chi connectivity index (χ0v) is 9.25. The summed E-state index contributed by atoms with van der Waals surface area (Å²) in [5.41, 5.74) is 1.35. The molecule has 0 aliphatic heterocycles. The number of amides is 1. The van der Waals surface area contributed by atoms with Crippen LogP contribution in [0.4, 0.5) is 13.2 Å². The van der Waals surface area contributed by atoms with Gasteiger partial charge in [0.25, 0.3) is 5.91 Å². The third-order valence-corrected chi connectivity index (χ3v) is 1.85. The van der Waals surface area contributed by atoms with Gasteiger partial charge in [-0.2, -0.15) is 13.2 Å². The molecule has 100 valence electrons. The monoisotopic (exact) mass is 265 g/mol. The van der Waals surface area contributed by atoms with Gasteiger partial charge in [-0.05, 0) is 12.1 Å². The van der Waals surface area contributed by atoms with Crippen molar-refractivity contribution in [1.82, 2.24) is 5.48 Å². The number of hydrogen-bond acceptors (Lipinski definition) is 4. The van der Waals surface area contributed by atoms with Crippen molar-refractivity contribution in [3.8, 4) is 11.5 Å².